The van der Waals surface area contributed by atoms with Crippen LogP contribution in [0.1, 0.15) is 36.2 Å². The zero-order chi connectivity index (χ0) is 20.0. The molecule has 0 aliphatic carbocycles. The Kier molecular flexibility index (Phi) is 7.40. The molecule has 0 atom stereocenters. The van der Waals surface area contributed by atoms with Crippen LogP contribution in [0, 0.1) is 20.6 Å². The number of nitrogens with one attached hydrogen (secondary N) is 1. The van der Waals surface area contributed by atoms with Gasteiger partial charge in [-0.15, -0.1) is 0 Å². The third kappa shape index (κ3) is 5.31. The molecule has 0 aromatic heterocycles. The Morgan fingerprint density at radius 1 is 1.22 bits per heavy atom. The predicted molar refractivity (Wildman–Crippen MR) is 112 cm³/mol. The summed E-state index contributed by atoms with van der Waals surface area (Å²) in [6, 6.07) is 7.92. The van der Waals surface area contributed by atoms with E-state index < -0.39 is 10.8 Å². The monoisotopic (exact) mass is 484 g/mol. The molecule has 2 rings (SSSR count). The van der Waals surface area contributed by atoms with Crippen LogP contribution in [-0.2, 0) is 0 Å². The maximum absolute atomic E-state index is 12.7. The summed E-state index contributed by atoms with van der Waals surface area (Å²) in [7, 11) is 0. The van der Waals surface area contributed by atoms with Crippen LogP contribution in [-0.4, -0.2) is 24.0 Å². The molecule has 1 N–H and O–H groups in total. The smallest absolute Gasteiger partial charge is 0.293 e. The number of hydrogen-bond acceptors (Lipinski definition) is 5. The van der Waals surface area contributed by atoms with Gasteiger partial charge in [0.05, 0.1) is 21.7 Å². The van der Waals surface area contributed by atoms with Gasteiger partial charge >= 0.3 is 0 Å². The highest BCUT2D eigenvalue weighted by Gasteiger charge is 2.20. The van der Waals surface area contributed by atoms with Crippen LogP contribution in [0.2, 0.25) is 0 Å². The Balaban J connectivity index is 2.35. The number of nitro benzene ring substituents is 1. The van der Waals surface area contributed by atoms with E-state index in [4.69, 9.17) is 9.47 Å². The molecule has 0 heterocycles. The molecule has 0 aliphatic heterocycles. The Morgan fingerprint density at radius 3 is 2.59 bits per heavy atom. The molecule has 0 fully saturated rings. The van der Waals surface area contributed by atoms with E-state index in [1.807, 2.05) is 13.8 Å². The summed E-state index contributed by atoms with van der Waals surface area (Å²) in [5.41, 5.74) is 1.08. The summed E-state index contributed by atoms with van der Waals surface area (Å²) < 4.78 is 12.1. The minimum Gasteiger partial charge on any atom is -0.490 e. The van der Waals surface area contributed by atoms with E-state index in [1.165, 1.54) is 12.1 Å². The first-order valence-corrected chi connectivity index (χ1v) is 9.60. The van der Waals surface area contributed by atoms with Crippen molar-refractivity contribution in [3.8, 4) is 11.5 Å². The highest BCUT2D eigenvalue weighted by Crippen LogP contribution is 2.35. The number of carbonyl (C=O) groups excluding carboxylic acids is 1. The second-order valence-electron chi connectivity index (χ2n) is 5.80. The van der Waals surface area contributed by atoms with Gasteiger partial charge in [0.1, 0.15) is 5.69 Å². The molecule has 0 spiro atoms. The molecule has 0 radical (unpaired) electrons. The summed E-state index contributed by atoms with van der Waals surface area (Å²) in [4.78, 5) is 23.4. The molecule has 0 saturated carbocycles. The molecule has 7 nitrogen and oxygen atoms in total. The van der Waals surface area contributed by atoms with Crippen molar-refractivity contribution in [3.05, 3.63) is 55.1 Å². The molecule has 0 aliphatic rings. The van der Waals surface area contributed by atoms with Crippen molar-refractivity contribution < 1.29 is 19.2 Å². The number of nitro groups is 1. The van der Waals surface area contributed by atoms with Gasteiger partial charge < -0.3 is 14.8 Å². The molecule has 2 aromatic carbocycles. The number of ether oxygens (including phenoxy) is 2. The van der Waals surface area contributed by atoms with Crippen molar-refractivity contribution >= 4 is 39.9 Å². The van der Waals surface area contributed by atoms with Gasteiger partial charge in [-0.25, -0.2) is 0 Å². The highest BCUT2D eigenvalue weighted by molar-refractivity contribution is 14.1. The van der Waals surface area contributed by atoms with Crippen LogP contribution in [0.3, 0.4) is 0 Å². The van der Waals surface area contributed by atoms with Gasteiger partial charge in [-0.05, 0) is 66.6 Å². The third-order valence-corrected chi connectivity index (χ3v) is 4.42. The molecule has 0 saturated heterocycles. The topological polar surface area (TPSA) is 90.7 Å². The molecule has 2 aromatic rings. The largest absolute Gasteiger partial charge is 0.490 e. The zero-order valence-corrected chi connectivity index (χ0v) is 17.5. The molecule has 27 heavy (non-hydrogen) atoms. The summed E-state index contributed by atoms with van der Waals surface area (Å²) in [5.74, 6) is 0.612. The van der Waals surface area contributed by atoms with Gasteiger partial charge in [0.25, 0.3) is 11.6 Å². The second kappa shape index (κ2) is 9.54. The Hall–Kier alpha value is -2.36. The maximum Gasteiger partial charge on any atom is 0.293 e. The fourth-order valence-corrected chi connectivity index (χ4v) is 3.16. The number of carbonyl (C=O) groups is 1. The lowest BCUT2D eigenvalue weighted by Gasteiger charge is -2.15. The van der Waals surface area contributed by atoms with E-state index >= 15 is 0 Å². The number of hydrogen-bond donors (Lipinski definition) is 1. The van der Waals surface area contributed by atoms with E-state index in [-0.39, 0.29) is 11.4 Å². The standard InChI is InChI=1S/C19H21IN2O5/c1-4-8-27-18-14(20)10-13(11-17(18)26-5-2)19(23)21-15-7-6-12(3)9-16(15)22(24)25/h6-7,9-11H,4-5,8H2,1-3H3,(H,21,23). The van der Waals surface area contributed by atoms with E-state index in [2.05, 4.69) is 27.9 Å². The molecular formula is C19H21IN2O5. The van der Waals surface area contributed by atoms with Gasteiger partial charge in [0, 0.05) is 11.6 Å². The van der Waals surface area contributed by atoms with E-state index in [1.54, 1.807) is 25.1 Å². The van der Waals surface area contributed by atoms with Crippen LogP contribution in [0.4, 0.5) is 11.4 Å². The summed E-state index contributed by atoms with van der Waals surface area (Å²) in [5, 5.41) is 13.9. The number of anilines is 1. The molecule has 0 bridgehead atoms. The SMILES string of the molecule is CCCOc1c(I)cc(C(=O)Nc2ccc(C)cc2[N+](=O)[O-])cc1OCC. The van der Waals surface area contributed by atoms with Gasteiger partial charge in [-0.3, -0.25) is 14.9 Å². The van der Waals surface area contributed by atoms with Gasteiger partial charge in [0.15, 0.2) is 11.5 Å². The number of aryl methyl sites for hydroxylation is 1. The number of halogens is 1. The molecular weight excluding hydrogens is 463 g/mol. The van der Waals surface area contributed by atoms with Gasteiger partial charge in [-0.2, -0.15) is 0 Å². The summed E-state index contributed by atoms with van der Waals surface area (Å²) >= 11 is 2.08. The van der Waals surface area contributed by atoms with Crippen molar-refractivity contribution in [3.63, 3.8) is 0 Å². The lowest BCUT2D eigenvalue weighted by atomic mass is 10.1. The minimum absolute atomic E-state index is 0.147. The van der Waals surface area contributed by atoms with Gasteiger partial charge in [0.2, 0.25) is 0 Å². The van der Waals surface area contributed by atoms with Crippen molar-refractivity contribution in [2.75, 3.05) is 18.5 Å². The van der Waals surface area contributed by atoms with Crippen LogP contribution in [0.25, 0.3) is 0 Å². The average Bonchev–Trinajstić information content (AvgIpc) is 2.62. The fourth-order valence-electron chi connectivity index (χ4n) is 2.40. The van der Waals surface area contributed by atoms with Gasteiger partial charge in [-0.1, -0.05) is 13.0 Å². The maximum atomic E-state index is 12.7. The number of amides is 1. The van der Waals surface area contributed by atoms with Crippen molar-refractivity contribution in [1.29, 1.82) is 0 Å². The molecule has 144 valence electrons. The van der Waals surface area contributed by atoms with Crippen LogP contribution < -0.4 is 14.8 Å². The first-order valence-electron chi connectivity index (χ1n) is 8.52. The quantitative estimate of drug-likeness (QED) is 0.326. The van der Waals surface area contributed by atoms with Crippen molar-refractivity contribution in [1.82, 2.24) is 0 Å². The lowest BCUT2D eigenvalue weighted by Crippen LogP contribution is -2.14. The van der Waals surface area contributed by atoms with E-state index in [0.717, 1.165) is 15.6 Å². The van der Waals surface area contributed by atoms with Crippen LogP contribution >= 0.6 is 22.6 Å². The minimum atomic E-state index is -0.514. The Labute approximate surface area is 171 Å². The second-order valence-corrected chi connectivity index (χ2v) is 6.96. The van der Waals surface area contributed by atoms with Crippen molar-refractivity contribution in [2.45, 2.75) is 27.2 Å². The Bertz CT molecular complexity index is 854. The highest BCUT2D eigenvalue weighted by atomic mass is 127. The first kappa shape index (κ1) is 20.9. The normalized spacial score (nSPS) is 10.4. The predicted octanol–water partition coefficient (Wildman–Crippen LogP) is 4.95. The first-order chi connectivity index (χ1) is 12.9. The number of nitrogens with zero attached hydrogens (tertiary/aromatic N) is 1. The summed E-state index contributed by atoms with van der Waals surface area (Å²) in [6.07, 6.45) is 0.848. The molecule has 1 amide bonds. The Morgan fingerprint density at radius 2 is 1.96 bits per heavy atom. The zero-order valence-electron chi connectivity index (χ0n) is 15.4. The summed E-state index contributed by atoms with van der Waals surface area (Å²) in [6.45, 7) is 6.57. The number of rotatable bonds is 8. The number of benzene rings is 2. The lowest BCUT2D eigenvalue weighted by molar-refractivity contribution is -0.384. The average molecular weight is 484 g/mol. The fraction of sp³-hybridized carbons (Fsp3) is 0.316. The van der Waals surface area contributed by atoms with Crippen molar-refractivity contribution in [2.24, 2.45) is 0 Å². The third-order valence-electron chi connectivity index (χ3n) is 3.62. The molecule has 0 unspecified atom stereocenters. The van der Waals surface area contributed by atoms with Crippen LogP contribution in [0.15, 0.2) is 30.3 Å². The van der Waals surface area contributed by atoms with E-state index in [9.17, 15) is 14.9 Å². The van der Waals surface area contributed by atoms with E-state index in [0.29, 0.717) is 30.3 Å². The van der Waals surface area contributed by atoms with Crippen LogP contribution in [0.5, 0.6) is 11.5 Å². The molecule has 8 heteroatoms.